The molecule has 2 atom stereocenters. The van der Waals surface area contributed by atoms with E-state index in [2.05, 4.69) is 0 Å². The number of aliphatic hydroxyl groups excluding tert-OH is 1. The summed E-state index contributed by atoms with van der Waals surface area (Å²) >= 11 is 0. The fraction of sp³-hybridized carbons (Fsp3) is 0.143. The van der Waals surface area contributed by atoms with Gasteiger partial charge in [-0.1, -0.05) is 12.1 Å². The zero-order chi connectivity index (χ0) is 25.7. The van der Waals surface area contributed by atoms with E-state index >= 15 is 0 Å². The molecule has 0 spiro atoms. The number of Topliss-reactive ketones (excluding diaryl/α,β-unsaturated/α-hetero) is 2. The third-order valence-electron chi connectivity index (χ3n) is 5.18. The van der Waals surface area contributed by atoms with E-state index in [0.29, 0.717) is 5.39 Å². The van der Waals surface area contributed by atoms with Crippen LogP contribution in [-0.4, -0.2) is 60.8 Å². The second-order valence-corrected chi connectivity index (χ2v) is 7.28. The van der Waals surface area contributed by atoms with Crippen LogP contribution in [0, 0.1) is 5.92 Å². The number of phenolic OH excluding ortho intramolecular Hbond substituents is 2. The van der Waals surface area contributed by atoms with Gasteiger partial charge in [-0.2, -0.15) is 13.2 Å². The van der Waals surface area contributed by atoms with Crippen molar-refractivity contribution in [2.24, 2.45) is 11.7 Å². The highest BCUT2D eigenvalue weighted by atomic mass is 19.4. The van der Waals surface area contributed by atoms with Gasteiger partial charge < -0.3 is 31.3 Å². The van der Waals surface area contributed by atoms with Gasteiger partial charge in [0.05, 0.1) is 10.9 Å². The molecule has 4 rings (SSSR count). The highest BCUT2D eigenvalue weighted by Crippen LogP contribution is 2.46. The third-order valence-corrected chi connectivity index (χ3v) is 5.18. The van der Waals surface area contributed by atoms with Crippen LogP contribution in [-0.2, 0) is 14.4 Å². The van der Waals surface area contributed by atoms with Crippen molar-refractivity contribution in [2.45, 2.75) is 11.8 Å². The number of carbonyl (C=O) groups excluding carboxylic acids is 3. The number of aromatic hydroxyl groups is 2. The summed E-state index contributed by atoms with van der Waals surface area (Å²) in [5.41, 5.74) is 1.90. The summed E-state index contributed by atoms with van der Waals surface area (Å²) in [4.78, 5) is 46.1. The number of alkyl halides is 3. The number of ketones is 2. The lowest BCUT2D eigenvalue weighted by atomic mass is 9.68. The molecule has 2 unspecified atom stereocenters. The number of carboxylic acid groups (broad SMARTS) is 1. The second-order valence-electron chi connectivity index (χ2n) is 7.28. The van der Waals surface area contributed by atoms with Crippen molar-refractivity contribution in [3.63, 3.8) is 0 Å². The van der Waals surface area contributed by atoms with E-state index in [1.54, 1.807) is 12.1 Å². The van der Waals surface area contributed by atoms with Gasteiger partial charge in [-0.05, 0) is 35.2 Å². The van der Waals surface area contributed by atoms with Crippen LogP contribution in [0.1, 0.15) is 15.9 Å². The van der Waals surface area contributed by atoms with Crippen LogP contribution in [0.15, 0.2) is 41.7 Å². The first-order chi connectivity index (χ1) is 15.6. The van der Waals surface area contributed by atoms with Crippen LogP contribution < -0.4 is 5.73 Å². The van der Waals surface area contributed by atoms with Crippen molar-refractivity contribution in [3.8, 4) is 11.5 Å². The topological polar surface area (TPSA) is 195 Å². The number of carbonyl (C=O) groups is 4. The van der Waals surface area contributed by atoms with Crippen molar-refractivity contribution in [1.82, 2.24) is 0 Å². The molecule has 2 aliphatic carbocycles. The van der Waals surface area contributed by atoms with Crippen LogP contribution in [0.2, 0.25) is 0 Å². The van der Waals surface area contributed by atoms with Crippen LogP contribution in [0.3, 0.4) is 0 Å². The lowest BCUT2D eigenvalue weighted by Gasteiger charge is -2.36. The number of hydrogen-bond donors (Lipinski definition) is 6. The van der Waals surface area contributed by atoms with Crippen LogP contribution >= 0.6 is 0 Å². The molecule has 0 aliphatic heterocycles. The van der Waals surface area contributed by atoms with Gasteiger partial charge in [0.1, 0.15) is 17.3 Å². The monoisotopic (exact) mass is 481 g/mol. The molecule has 0 radical (unpaired) electrons. The van der Waals surface area contributed by atoms with E-state index in [1.165, 1.54) is 18.2 Å². The number of amides is 1. The summed E-state index contributed by atoms with van der Waals surface area (Å²) in [5, 5.41) is 49.0. The first kappa shape index (κ1) is 24.3. The molecule has 2 aromatic rings. The molecule has 7 N–H and O–H groups in total. The van der Waals surface area contributed by atoms with Crippen molar-refractivity contribution in [2.75, 3.05) is 0 Å². The van der Waals surface area contributed by atoms with Crippen LogP contribution in [0.5, 0.6) is 11.5 Å². The minimum Gasteiger partial charge on any atom is -0.511 e. The molecule has 34 heavy (non-hydrogen) atoms. The number of aliphatic hydroxyl groups is 2. The van der Waals surface area contributed by atoms with Gasteiger partial charge in [0.25, 0.3) is 0 Å². The van der Waals surface area contributed by atoms with Crippen molar-refractivity contribution < 1.29 is 57.9 Å². The van der Waals surface area contributed by atoms with Crippen molar-refractivity contribution in [1.29, 1.82) is 0 Å². The Morgan fingerprint density at radius 1 is 1.06 bits per heavy atom. The number of rotatable bonds is 1. The number of carboxylic acids is 1. The summed E-state index contributed by atoms with van der Waals surface area (Å²) in [5.74, 6) is -9.89. The minimum atomic E-state index is -5.08. The number of halogens is 3. The fourth-order valence-electron chi connectivity index (χ4n) is 3.63. The molecule has 0 fully saturated rings. The summed E-state index contributed by atoms with van der Waals surface area (Å²) in [6.07, 6.45) is -2.88. The second kappa shape index (κ2) is 7.88. The molecule has 13 heteroatoms. The number of primary amides is 1. The van der Waals surface area contributed by atoms with Crippen LogP contribution in [0.25, 0.3) is 16.8 Å². The molecule has 0 bridgehead atoms. The van der Waals surface area contributed by atoms with Crippen molar-refractivity contribution >= 4 is 40.3 Å². The minimum absolute atomic E-state index is 0.0156. The predicted octanol–water partition coefficient (Wildman–Crippen LogP) is 1.32. The van der Waals surface area contributed by atoms with E-state index in [4.69, 9.17) is 15.6 Å². The number of fused-ring (bicyclic) bond motifs is 3. The molecule has 10 nitrogen and oxygen atoms in total. The Labute approximate surface area is 186 Å². The summed E-state index contributed by atoms with van der Waals surface area (Å²) in [7, 11) is 0. The molecule has 178 valence electrons. The van der Waals surface area contributed by atoms with Gasteiger partial charge in [-0.3, -0.25) is 14.4 Å². The Kier molecular flexibility index (Phi) is 5.62. The quantitative estimate of drug-likeness (QED) is 0.326. The summed E-state index contributed by atoms with van der Waals surface area (Å²) in [6, 6.07) is 5.95. The number of phenols is 2. The molecular formula is C21H14F3NO9. The fourth-order valence-corrected chi connectivity index (χ4v) is 3.63. The van der Waals surface area contributed by atoms with Crippen molar-refractivity contribution in [3.05, 3.63) is 52.8 Å². The lowest BCUT2D eigenvalue weighted by Crippen LogP contribution is -2.56. The first-order valence-electron chi connectivity index (χ1n) is 9.13. The third kappa shape index (κ3) is 3.61. The van der Waals surface area contributed by atoms with Gasteiger partial charge in [-0.15, -0.1) is 0 Å². The molecule has 0 aromatic heterocycles. The van der Waals surface area contributed by atoms with E-state index in [-0.39, 0.29) is 27.8 Å². The van der Waals surface area contributed by atoms with Gasteiger partial charge in [0.2, 0.25) is 17.3 Å². The maximum absolute atomic E-state index is 13.0. The zero-order valence-corrected chi connectivity index (χ0v) is 16.6. The summed E-state index contributed by atoms with van der Waals surface area (Å²) in [6.45, 7) is 0. The number of aliphatic carboxylic acids is 1. The van der Waals surface area contributed by atoms with E-state index in [1.807, 2.05) is 0 Å². The Morgan fingerprint density at radius 2 is 1.65 bits per heavy atom. The maximum Gasteiger partial charge on any atom is 0.490 e. The van der Waals surface area contributed by atoms with Crippen LogP contribution in [0.4, 0.5) is 13.2 Å². The highest BCUT2D eigenvalue weighted by molar-refractivity contribution is 6.30. The SMILES string of the molecule is NC(=O)C1C(=O)C2(O)C(=O)c3c(cc4cccc(O)c4c3O)C=C2C=C1O.O=C(O)C(F)(F)F. The Hall–Kier alpha value is -4.39. The molecule has 2 aromatic carbocycles. The highest BCUT2D eigenvalue weighted by Gasteiger charge is 2.57. The number of nitrogens with two attached hydrogens (primary N) is 1. The number of hydrogen-bond acceptors (Lipinski definition) is 8. The normalized spacial score (nSPS) is 21.5. The maximum atomic E-state index is 13.0. The molecular weight excluding hydrogens is 467 g/mol. The first-order valence-corrected chi connectivity index (χ1v) is 9.13. The Morgan fingerprint density at radius 3 is 2.18 bits per heavy atom. The van der Waals surface area contributed by atoms with Gasteiger partial charge in [-0.25, -0.2) is 4.79 Å². The van der Waals surface area contributed by atoms with E-state index in [0.717, 1.165) is 6.08 Å². The largest absolute Gasteiger partial charge is 0.511 e. The van der Waals surface area contributed by atoms with E-state index < -0.39 is 52.6 Å². The van der Waals surface area contributed by atoms with Gasteiger partial charge in [0, 0.05) is 5.57 Å². The smallest absolute Gasteiger partial charge is 0.490 e. The Balaban J connectivity index is 0.000000406. The molecule has 1 amide bonds. The lowest BCUT2D eigenvalue weighted by molar-refractivity contribution is -0.192. The average Bonchev–Trinajstić information content (AvgIpc) is 2.70. The molecule has 2 aliphatic rings. The van der Waals surface area contributed by atoms with Gasteiger partial charge in [0.15, 0.2) is 11.7 Å². The molecule has 0 heterocycles. The Bertz CT molecular complexity index is 1340. The van der Waals surface area contributed by atoms with E-state index in [9.17, 15) is 48.0 Å². The number of benzene rings is 2. The predicted molar refractivity (Wildman–Crippen MR) is 107 cm³/mol. The average molecular weight is 481 g/mol. The standard InChI is InChI=1S/C19H13NO7.C2HF3O2/c20-18(26)14-11(22)6-9-5-8-4-7-2-1-3-10(21)12(7)15(23)13(8)16(24)19(9,27)17(14)25;3-2(4,5)1(6)7/h1-6,14,21-23,27H,(H2,20,26);(H,6,7). The molecule has 0 saturated heterocycles. The zero-order valence-electron chi connectivity index (χ0n) is 16.6. The molecule has 0 saturated carbocycles. The van der Waals surface area contributed by atoms with Gasteiger partial charge >= 0.3 is 12.1 Å². The summed E-state index contributed by atoms with van der Waals surface area (Å²) < 4.78 is 31.7.